The molecule has 96 valence electrons. The summed E-state index contributed by atoms with van der Waals surface area (Å²) in [5.74, 6) is 3.11. The van der Waals surface area contributed by atoms with Gasteiger partial charge in [-0.15, -0.1) is 6.42 Å². The molecule has 0 aliphatic heterocycles. The molecular weight excluding hydrogens is 238 g/mol. The maximum absolute atomic E-state index is 12.1. The van der Waals surface area contributed by atoms with Gasteiger partial charge in [-0.1, -0.05) is 5.92 Å². The van der Waals surface area contributed by atoms with Gasteiger partial charge in [0.1, 0.15) is 0 Å². The van der Waals surface area contributed by atoms with Crippen molar-refractivity contribution in [3.8, 4) is 18.4 Å². The molecule has 0 spiro atoms. The van der Waals surface area contributed by atoms with Crippen molar-refractivity contribution in [2.24, 2.45) is 5.92 Å². The standard InChI is InChI=1S/C15H15N3O/c1-2-9-18(11-13-3-4-13)15(19)17-14-7-5-12(10-16)6-8-14/h1,5-8,13H,3-4,9,11H2,(H,17,19). The van der Waals surface area contributed by atoms with Crippen molar-refractivity contribution in [1.82, 2.24) is 4.90 Å². The molecule has 2 rings (SSSR count). The minimum absolute atomic E-state index is 0.186. The first kappa shape index (κ1) is 13.0. The number of hydrogen-bond acceptors (Lipinski definition) is 2. The lowest BCUT2D eigenvalue weighted by atomic mass is 10.2. The monoisotopic (exact) mass is 253 g/mol. The van der Waals surface area contributed by atoms with Crippen LogP contribution in [-0.4, -0.2) is 24.0 Å². The Bertz CT molecular complexity index is 532. The summed E-state index contributed by atoms with van der Waals surface area (Å²) in [7, 11) is 0. The molecule has 0 atom stereocenters. The Morgan fingerprint density at radius 2 is 2.11 bits per heavy atom. The number of carbonyl (C=O) groups is 1. The summed E-state index contributed by atoms with van der Waals surface area (Å²) in [5, 5.41) is 11.5. The molecule has 1 fully saturated rings. The fourth-order valence-electron chi connectivity index (χ4n) is 1.77. The summed E-state index contributed by atoms with van der Waals surface area (Å²) in [6.45, 7) is 1.03. The van der Waals surface area contributed by atoms with Crippen molar-refractivity contribution in [2.45, 2.75) is 12.8 Å². The van der Waals surface area contributed by atoms with Gasteiger partial charge in [0.15, 0.2) is 0 Å². The first-order chi connectivity index (χ1) is 9.22. The first-order valence-electron chi connectivity index (χ1n) is 6.22. The van der Waals surface area contributed by atoms with Gasteiger partial charge in [-0.2, -0.15) is 5.26 Å². The van der Waals surface area contributed by atoms with Gasteiger partial charge in [-0.05, 0) is 43.0 Å². The maximum atomic E-state index is 12.1. The quantitative estimate of drug-likeness (QED) is 0.838. The van der Waals surface area contributed by atoms with Crippen molar-refractivity contribution >= 4 is 11.7 Å². The number of nitriles is 1. The molecule has 0 bridgehead atoms. The van der Waals surface area contributed by atoms with E-state index in [0.717, 1.165) is 0 Å². The normalized spacial score (nSPS) is 13.2. The largest absolute Gasteiger partial charge is 0.322 e. The van der Waals surface area contributed by atoms with Crippen LogP contribution in [0.1, 0.15) is 18.4 Å². The molecule has 1 aromatic rings. The van der Waals surface area contributed by atoms with Crippen LogP contribution in [0.2, 0.25) is 0 Å². The molecule has 1 aliphatic rings. The summed E-state index contributed by atoms with van der Waals surface area (Å²) in [4.78, 5) is 13.7. The Kier molecular flexibility index (Phi) is 4.05. The molecular formula is C15H15N3O. The fraction of sp³-hybridized carbons (Fsp3) is 0.333. The molecule has 0 unspecified atom stereocenters. The van der Waals surface area contributed by atoms with Crippen LogP contribution in [0.3, 0.4) is 0 Å². The molecule has 19 heavy (non-hydrogen) atoms. The number of nitrogens with one attached hydrogen (secondary N) is 1. The predicted octanol–water partition coefficient (Wildman–Crippen LogP) is 2.44. The molecule has 0 radical (unpaired) electrons. The second-order valence-corrected chi connectivity index (χ2v) is 4.65. The Hall–Kier alpha value is -2.46. The van der Waals surface area contributed by atoms with E-state index >= 15 is 0 Å². The van der Waals surface area contributed by atoms with Gasteiger partial charge in [0.2, 0.25) is 0 Å². The van der Waals surface area contributed by atoms with Crippen molar-refractivity contribution in [3.05, 3.63) is 29.8 Å². The van der Waals surface area contributed by atoms with Crippen LogP contribution in [0.5, 0.6) is 0 Å². The lowest BCUT2D eigenvalue weighted by Gasteiger charge is -2.20. The molecule has 0 heterocycles. The molecule has 1 aliphatic carbocycles. The zero-order chi connectivity index (χ0) is 13.7. The van der Waals surface area contributed by atoms with E-state index in [1.165, 1.54) is 12.8 Å². The second kappa shape index (κ2) is 5.93. The van der Waals surface area contributed by atoms with Gasteiger partial charge in [0.05, 0.1) is 18.2 Å². The van der Waals surface area contributed by atoms with E-state index in [2.05, 4.69) is 11.2 Å². The molecule has 2 amide bonds. The lowest BCUT2D eigenvalue weighted by molar-refractivity contribution is 0.216. The van der Waals surface area contributed by atoms with Crippen molar-refractivity contribution < 1.29 is 4.79 Å². The molecule has 4 heteroatoms. The lowest BCUT2D eigenvalue weighted by Crippen LogP contribution is -2.36. The number of urea groups is 1. The fourth-order valence-corrected chi connectivity index (χ4v) is 1.77. The van der Waals surface area contributed by atoms with E-state index in [9.17, 15) is 4.79 Å². The van der Waals surface area contributed by atoms with Gasteiger partial charge >= 0.3 is 6.03 Å². The minimum Gasteiger partial charge on any atom is -0.313 e. The highest BCUT2D eigenvalue weighted by atomic mass is 16.2. The SMILES string of the molecule is C#CCN(CC1CC1)C(=O)Nc1ccc(C#N)cc1. The number of benzene rings is 1. The second-order valence-electron chi connectivity index (χ2n) is 4.65. The zero-order valence-electron chi connectivity index (χ0n) is 10.6. The predicted molar refractivity (Wildman–Crippen MR) is 73.3 cm³/mol. The maximum Gasteiger partial charge on any atom is 0.322 e. The average Bonchev–Trinajstić information content (AvgIpc) is 3.23. The van der Waals surface area contributed by atoms with Gasteiger partial charge in [0, 0.05) is 12.2 Å². The van der Waals surface area contributed by atoms with E-state index < -0.39 is 0 Å². The van der Waals surface area contributed by atoms with Crippen molar-refractivity contribution in [1.29, 1.82) is 5.26 Å². The third-order valence-corrected chi connectivity index (χ3v) is 3.01. The van der Waals surface area contributed by atoms with E-state index in [1.807, 2.05) is 6.07 Å². The molecule has 1 aromatic carbocycles. The average molecular weight is 253 g/mol. The molecule has 1 saturated carbocycles. The van der Waals surface area contributed by atoms with E-state index in [4.69, 9.17) is 11.7 Å². The summed E-state index contributed by atoms with van der Waals surface area (Å²) in [5.41, 5.74) is 1.23. The number of anilines is 1. The Morgan fingerprint density at radius 3 is 2.63 bits per heavy atom. The van der Waals surface area contributed by atoms with Gasteiger partial charge in [0.25, 0.3) is 0 Å². The highest BCUT2D eigenvalue weighted by Gasteiger charge is 2.26. The van der Waals surface area contributed by atoms with Gasteiger partial charge in [-0.25, -0.2) is 4.79 Å². The van der Waals surface area contributed by atoms with Crippen LogP contribution in [0.4, 0.5) is 10.5 Å². The molecule has 0 aromatic heterocycles. The third-order valence-electron chi connectivity index (χ3n) is 3.01. The number of terminal acetylenes is 1. The summed E-state index contributed by atoms with van der Waals surface area (Å²) in [6.07, 6.45) is 7.63. The summed E-state index contributed by atoms with van der Waals surface area (Å²) in [6, 6.07) is 8.61. The third kappa shape index (κ3) is 3.76. The number of amides is 2. The smallest absolute Gasteiger partial charge is 0.313 e. The van der Waals surface area contributed by atoms with Crippen LogP contribution < -0.4 is 5.32 Å². The minimum atomic E-state index is -0.186. The van der Waals surface area contributed by atoms with Crippen LogP contribution >= 0.6 is 0 Å². The van der Waals surface area contributed by atoms with Crippen LogP contribution in [0, 0.1) is 29.6 Å². The molecule has 1 N–H and O–H groups in total. The molecule has 4 nitrogen and oxygen atoms in total. The van der Waals surface area contributed by atoms with Crippen LogP contribution in [-0.2, 0) is 0 Å². The number of hydrogen-bond donors (Lipinski definition) is 1. The number of carbonyl (C=O) groups excluding carboxylic acids is 1. The van der Waals surface area contributed by atoms with Crippen molar-refractivity contribution in [2.75, 3.05) is 18.4 Å². The Labute approximate surface area is 113 Å². The Morgan fingerprint density at radius 1 is 1.42 bits per heavy atom. The number of nitrogens with zero attached hydrogens (tertiary/aromatic N) is 2. The van der Waals surface area contributed by atoms with E-state index in [-0.39, 0.29) is 6.03 Å². The van der Waals surface area contributed by atoms with E-state index in [1.54, 1.807) is 29.2 Å². The van der Waals surface area contributed by atoms with Gasteiger partial charge < -0.3 is 10.2 Å². The Balaban J connectivity index is 1.96. The number of rotatable bonds is 4. The zero-order valence-corrected chi connectivity index (χ0v) is 10.6. The summed E-state index contributed by atoms with van der Waals surface area (Å²) >= 11 is 0. The highest BCUT2D eigenvalue weighted by Crippen LogP contribution is 2.29. The van der Waals surface area contributed by atoms with Crippen LogP contribution in [0.25, 0.3) is 0 Å². The van der Waals surface area contributed by atoms with Gasteiger partial charge in [-0.3, -0.25) is 0 Å². The van der Waals surface area contributed by atoms with Crippen LogP contribution in [0.15, 0.2) is 24.3 Å². The highest BCUT2D eigenvalue weighted by molar-refractivity contribution is 5.89. The topological polar surface area (TPSA) is 56.1 Å². The van der Waals surface area contributed by atoms with E-state index in [0.29, 0.717) is 30.3 Å². The molecule has 0 saturated heterocycles. The summed E-state index contributed by atoms with van der Waals surface area (Å²) < 4.78 is 0. The first-order valence-corrected chi connectivity index (χ1v) is 6.22. The van der Waals surface area contributed by atoms with Crippen molar-refractivity contribution in [3.63, 3.8) is 0 Å².